The number of hydrogen-bond donors (Lipinski definition) is 2. The van der Waals surface area contributed by atoms with Gasteiger partial charge < -0.3 is 25.0 Å². The van der Waals surface area contributed by atoms with E-state index in [9.17, 15) is 13.2 Å². The summed E-state index contributed by atoms with van der Waals surface area (Å²) in [6.45, 7) is 6.08. The van der Waals surface area contributed by atoms with E-state index in [0.717, 1.165) is 18.6 Å². The maximum atomic E-state index is 13.1. The number of rotatable bonds is 7. The van der Waals surface area contributed by atoms with Crippen molar-refractivity contribution in [1.29, 1.82) is 0 Å². The van der Waals surface area contributed by atoms with Crippen LogP contribution in [0.25, 0.3) is 0 Å². The minimum atomic E-state index is -4.41. The van der Waals surface area contributed by atoms with Gasteiger partial charge in [-0.05, 0) is 43.8 Å². The second-order valence-electron chi connectivity index (χ2n) is 5.76. The van der Waals surface area contributed by atoms with Crippen LogP contribution in [-0.4, -0.2) is 51.2 Å². The van der Waals surface area contributed by atoms with Gasteiger partial charge in [0.25, 0.3) is 0 Å². The van der Waals surface area contributed by atoms with Crippen molar-refractivity contribution < 1.29 is 22.6 Å². The number of hydrogen-bond acceptors (Lipinski definition) is 4. The molecule has 9 heteroatoms. The van der Waals surface area contributed by atoms with Gasteiger partial charge in [0.15, 0.2) is 5.11 Å². The largest absolute Gasteiger partial charge is 0.416 e. The number of nitrogens with one attached hydrogen (secondary N) is 2. The molecule has 1 aromatic carbocycles. The molecule has 1 fully saturated rings. The average Bonchev–Trinajstić information content (AvgIpc) is 2.61. The molecule has 2 rings (SSSR count). The van der Waals surface area contributed by atoms with Gasteiger partial charge in [-0.15, -0.1) is 0 Å². The predicted octanol–water partition coefficient (Wildman–Crippen LogP) is 3.26. The van der Waals surface area contributed by atoms with Crippen LogP contribution < -0.4 is 15.5 Å². The first-order valence-corrected chi connectivity index (χ1v) is 8.99. The Balaban J connectivity index is 2.08. The number of nitrogens with zero attached hydrogens (tertiary/aromatic N) is 1. The summed E-state index contributed by atoms with van der Waals surface area (Å²) in [4.78, 5) is 1.99. The Labute approximate surface area is 156 Å². The first-order valence-electron chi connectivity index (χ1n) is 8.58. The quantitative estimate of drug-likeness (QED) is 0.550. The molecule has 0 saturated carbocycles. The summed E-state index contributed by atoms with van der Waals surface area (Å²) in [5, 5.41) is 6.19. The molecule has 0 aromatic heterocycles. The Morgan fingerprint density at radius 1 is 1.31 bits per heavy atom. The van der Waals surface area contributed by atoms with Crippen LogP contribution in [0, 0.1) is 0 Å². The Hall–Kier alpha value is -1.58. The normalized spacial score (nSPS) is 15.0. The summed E-state index contributed by atoms with van der Waals surface area (Å²) in [5.74, 6) is 0. The van der Waals surface area contributed by atoms with Crippen molar-refractivity contribution in [2.24, 2.45) is 0 Å². The highest BCUT2D eigenvalue weighted by Crippen LogP contribution is 2.35. The van der Waals surface area contributed by atoms with Crippen molar-refractivity contribution in [3.63, 3.8) is 0 Å². The Morgan fingerprint density at radius 2 is 2.04 bits per heavy atom. The average molecular weight is 391 g/mol. The molecule has 1 aliphatic heterocycles. The predicted molar refractivity (Wildman–Crippen MR) is 99.8 cm³/mol. The lowest BCUT2D eigenvalue weighted by molar-refractivity contribution is -0.137. The van der Waals surface area contributed by atoms with Gasteiger partial charge in [-0.25, -0.2) is 0 Å². The topological polar surface area (TPSA) is 45.8 Å². The van der Waals surface area contributed by atoms with E-state index < -0.39 is 11.7 Å². The van der Waals surface area contributed by atoms with E-state index in [-0.39, 0.29) is 5.11 Å². The van der Waals surface area contributed by atoms with Gasteiger partial charge in [-0.1, -0.05) is 0 Å². The molecule has 5 nitrogen and oxygen atoms in total. The molecule has 146 valence electrons. The van der Waals surface area contributed by atoms with Gasteiger partial charge in [0.2, 0.25) is 0 Å². The van der Waals surface area contributed by atoms with Crippen LogP contribution in [0.15, 0.2) is 18.2 Å². The lowest BCUT2D eigenvalue weighted by atomic mass is 10.1. The Bertz CT molecular complexity index is 593. The first kappa shape index (κ1) is 20.7. The summed E-state index contributed by atoms with van der Waals surface area (Å²) in [5.41, 5.74) is 0.306. The third-order valence-electron chi connectivity index (χ3n) is 3.88. The number of alkyl halides is 3. The zero-order valence-corrected chi connectivity index (χ0v) is 15.5. The van der Waals surface area contributed by atoms with E-state index in [1.165, 1.54) is 6.07 Å². The second-order valence-corrected chi connectivity index (χ2v) is 6.17. The number of morpholine rings is 1. The van der Waals surface area contributed by atoms with Crippen LogP contribution in [0.4, 0.5) is 24.5 Å². The molecule has 1 heterocycles. The third kappa shape index (κ3) is 6.30. The molecule has 0 atom stereocenters. The van der Waals surface area contributed by atoms with E-state index in [4.69, 9.17) is 21.7 Å². The molecule has 2 N–H and O–H groups in total. The molecule has 0 spiro atoms. The van der Waals surface area contributed by atoms with Gasteiger partial charge in [0, 0.05) is 32.8 Å². The van der Waals surface area contributed by atoms with Crippen molar-refractivity contribution in [3.8, 4) is 0 Å². The summed E-state index contributed by atoms with van der Waals surface area (Å²) in [6, 6.07) is 3.67. The zero-order valence-electron chi connectivity index (χ0n) is 14.7. The molecule has 0 bridgehead atoms. The molecular formula is C17H24F3N3O2S. The monoisotopic (exact) mass is 391 g/mol. The maximum Gasteiger partial charge on any atom is 0.416 e. The smallest absolute Gasteiger partial charge is 0.382 e. The lowest BCUT2D eigenvalue weighted by Gasteiger charge is -2.31. The zero-order chi connectivity index (χ0) is 19.0. The van der Waals surface area contributed by atoms with E-state index in [2.05, 4.69) is 10.6 Å². The summed E-state index contributed by atoms with van der Waals surface area (Å²) < 4.78 is 49.8. The van der Waals surface area contributed by atoms with E-state index in [0.29, 0.717) is 57.4 Å². The van der Waals surface area contributed by atoms with Crippen LogP contribution in [0.2, 0.25) is 0 Å². The SMILES string of the molecule is CCOCCCNC(=S)Nc1cc(C(F)(F)F)ccc1N1CCOCC1. The molecule has 0 aliphatic carbocycles. The molecular weight excluding hydrogens is 367 g/mol. The van der Waals surface area contributed by atoms with Crippen LogP contribution in [0.5, 0.6) is 0 Å². The molecule has 26 heavy (non-hydrogen) atoms. The third-order valence-corrected chi connectivity index (χ3v) is 4.13. The van der Waals surface area contributed by atoms with Gasteiger partial charge in [0.05, 0.1) is 30.2 Å². The van der Waals surface area contributed by atoms with Gasteiger partial charge in [-0.3, -0.25) is 0 Å². The minimum Gasteiger partial charge on any atom is -0.382 e. The molecule has 0 unspecified atom stereocenters. The van der Waals surface area contributed by atoms with E-state index >= 15 is 0 Å². The minimum absolute atomic E-state index is 0.287. The molecule has 0 amide bonds. The van der Waals surface area contributed by atoms with Crippen molar-refractivity contribution in [2.75, 3.05) is 56.3 Å². The van der Waals surface area contributed by atoms with Crippen molar-refractivity contribution in [1.82, 2.24) is 5.32 Å². The van der Waals surface area contributed by atoms with Gasteiger partial charge >= 0.3 is 6.18 Å². The lowest BCUT2D eigenvalue weighted by Crippen LogP contribution is -2.37. The van der Waals surface area contributed by atoms with Crippen LogP contribution >= 0.6 is 12.2 Å². The highest BCUT2D eigenvalue weighted by Gasteiger charge is 2.31. The van der Waals surface area contributed by atoms with Crippen molar-refractivity contribution >= 4 is 28.7 Å². The van der Waals surface area contributed by atoms with Crippen molar-refractivity contribution in [3.05, 3.63) is 23.8 Å². The highest BCUT2D eigenvalue weighted by atomic mass is 32.1. The molecule has 0 radical (unpaired) electrons. The fourth-order valence-electron chi connectivity index (χ4n) is 2.58. The summed E-state index contributed by atoms with van der Waals surface area (Å²) in [6.07, 6.45) is -3.65. The standard InChI is InChI=1S/C17H24F3N3O2S/c1-2-24-9-3-6-21-16(26)22-14-12-13(17(18,19)20)4-5-15(14)23-7-10-25-11-8-23/h4-5,12H,2-3,6-11H2,1H3,(H2,21,22,26). The second kappa shape index (κ2) is 9.94. The number of halogens is 3. The maximum absolute atomic E-state index is 13.1. The Morgan fingerprint density at radius 3 is 2.69 bits per heavy atom. The Kier molecular flexibility index (Phi) is 7.92. The molecule has 1 aromatic rings. The highest BCUT2D eigenvalue weighted by molar-refractivity contribution is 7.80. The molecule has 1 aliphatic rings. The summed E-state index contributed by atoms with van der Waals surface area (Å²) in [7, 11) is 0. The fourth-order valence-corrected chi connectivity index (χ4v) is 2.79. The number of thiocarbonyl (C=S) groups is 1. The van der Waals surface area contributed by atoms with E-state index in [1.54, 1.807) is 0 Å². The summed E-state index contributed by atoms with van der Waals surface area (Å²) >= 11 is 5.22. The van der Waals surface area contributed by atoms with Gasteiger partial charge in [-0.2, -0.15) is 13.2 Å². The molecule has 1 saturated heterocycles. The van der Waals surface area contributed by atoms with Crippen molar-refractivity contribution in [2.45, 2.75) is 19.5 Å². The van der Waals surface area contributed by atoms with Crippen LogP contribution in [-0.2, 0) is 15.7 Å². The van der Waals surface area contributed by atoms with Crippen LogP contribution in [0.1, 0.15) is 18.9 Å². The van der Waals surface area contributed by atoms with E-state index in [1.807, 2.05) is 11.8 Å². The fraction of sp³-hybridized carbons (Fsp3) is 0.588. The number of benzene rings is 1. The number of ether oxygens (including phenoxy) is 2. The number of anilines is 2. The van der Waals surface area contributed by atoms with Gasteiger partial charge in [0.1, 0.15) is 0 Å². The van der Waals surface area contributed by atoms with Crippen LogP contribution in [0.3, 0.4) is 0 Å². The first-order chi connectivity index (χ1) is 12.4.